The van der Waals surface area contributed by atoms with Crippen molar-refractivity contribution < 1.29 is 14.4 Å². The van der Waals surface area contributed by atoms with Gasteiger partial charge in [-0.25, -0.2) is 0 Å². The number of aliphatic hydroxyl groups excluding tert-OH is 1. The fourth-order valence-corrected chi connectivity index (χ4v) is 3.23. The van der Waals surface area contributed by atoms with E-state index in [0.717, 1.165) is 17.7 Å². The number of β-amino-alcohol motifs (C(OH)–C–C–N with tert-alkyl or cyclic N) is 1. The van der Waals surface area contributed by atoms with Gasteiger partial charge in [0, 0.05) is 19.2 Å². The van der Waals surface area contributed by atoms with E-state index in [4.69, 9.17) is 16.1 Å². The van der Waals surface area contributed by atoms with E-state index >= 15 is 0 Å². The summed E-state index contributed by atoms with van der Waals surface area (Å²) in [6.45, 7) is 0.995. The van der Waals surface area contributed by atoms with E-state index in [1.54, 1.807) is 17.0 Å². The Kier molecular flexibility index (Phi) is 3.78. The summed E-state index contributed by atoms with van der Waals surface area (Å²) in [5.74, 6) is 0.323. The number of rotatable bonds is 2. The van der Waals surface area contributed by atoms with Crippen LogP contribution in [0.25, 0.3) is 10.6 Å². The molecule has 1 aliphatic heterocycles. The number of piperidine rings is 1. The SMILES string of the molecule is O=C(c1cc(-c2ccc(Cl)s2)on1)N1CCCC(O)C1. The third kappa shape index (κ3) is 2.72. The second kappa shape index (κ2) is 5.55. The van der Waals surface area contributed by atoms with Crippen LogP contribution in [0.15, 0.2) is 22.7 Å². The third-order valence-corrected chi connectivity index (χ3v) is 4.47. The maximum absolute atomic E-state index is 12.3. The number of halogens is 1. The summed E-state index contributed by atoms with van der Waals surface area (Å²) in [7, 11) is 0. The second-order valence-electron chi connectivity index (χ2n) is 4.73. The zero-order valence-corrected chi connectivity index (χ0v) is 12.2. The first-order chi connectivity index (χ1) is 9.63. The van der Waals surface area contributed by atoms with Crippen molar-refractivity contribution in [2.24, 2.45) is 0 Å². The lowest BCUT2D eigenvalue weighted by atomic mass is 10.1. The lowest BCUT2D eigenvalue weighted by Gasteiger charge is -2.29. The number of aromatic nitrogens is 1. The Morgan fingerprint density at radius 1 is 1.55 bits per heavy atom. The number of amides is 1. The molecule has 5 nitrogen and oxygen atoms in total. The summed E-state index contributed by atoms with van der Waals surface area (Å²) in [5, 5.41) is 13.4. The van der Waals surface area contributed by atoms with E-state index in [1.807, 2.05) is 6.07 Å². The van der Waals surface area contributed by atoms with Gasteiger partial charge in [0.1, 0.15) is 0 Å². The average Bonchev–Trinajstić information content (AvgIpc) is 3.06. The van der Waals surface area contributed by atoms with Gasteiger partial charge in [-0.05, 0) is 25.0 Å². The predicted molar refractivity (Wildman–Crippen MR) is 76.0 cm³/mol. The molecule has 1 fully saturated rings. The zero-order valence-electron chi connectivity index (χ0n) is 10.6. The number of thiophene rings is 1. The van der Waals surface area contributed by atoms with Crippen LogP contribution in [0.3, 0.4) is 0 Å². The summed E-state index contributed by atoms with van der Waals surface area (Å²) < 4.78 is 5.85. The number of aliphatic hydroxyl groups is 1. The Balaban J connectivity index is 1.77. The summed E-state index contributed by atoms with van der Waals surface area (Å²) in [5.41, 5.74) is 0.263. The lowest BCUT2D eigenvalue weighted by molar-refractivity contribution is 0.0465. The molecule has 20 heavy (non-hydrogen) atoms. The van der Waals surface area contributed by atoms with Crippen LogP contribution in [0.2, 0.25) is 4.34 Å². The van der Waals surface area contributed by atoms with Gasteiger partial charge in [0.15, 0.2) is 11.5 Å². The Morgan fingerprint density at radius 3 is 3.10 bits per heavy atom. The standard InChI is InChI=1S/C13H13ClN2O3S/c14-12-4-3-11(20-12)10-6-9(15-19-10)13(18)16-5-1-2-8(17)7-16/h3-4,6,8,17H,1-2,5,7H2. The second-order valence-corrected chi connectivity index (χ2v) is 6.44. The molecule has 3 rings (SSSR count). The van der Waals surface area contributed by atoms with Crippen LogP contribution in [0.5, 0.6) is 0 Å². The third-order valence-electron chi connectivity index (χ3n) is 3.23. The molecule has 0 aromatic carbocycles. The molecular formula is C13H13ClN2O3S. The molecule has 106 valence electrons. The molecule has 1 saturated heterocycles. The van der Waals surface area contributed by atoms with Gasteiger partial charge in [0.25, 0.3) is 5.91 Å². The molecule has 0 bridgehead atoms. The summed E-state index contributed by atoms with van der Waals surface area (Å²) in [4.78, 5) is 14.7. The highest BCUT2D eigenvalue weighted by Gasteiger charge is 2.25. The first-order valence-electron chi connectivity index (χ1n) is 6.33. The van der Waals surface area contributed by atoms with Gasteiger partial charge in [-0.3, -0.25) is 4.79 Å². The van der Waals surface area contributed by atoms with Crippen molar-refractivity contribution in [1.82, 2.24) is 10.1 Å². The highest BCUT2D eigenvalue weighted by atomic mass is 35.5. The zero-order chi connectivity index (χ0) is 14.1. The molecule has 3 heterocycles. The van der Waals surface area contributed by atoms with Crippen molar-refractivity contribution >= 4 is 28.8 Å². The van der Waals surface area contributed by atoms with Crippen molar-refractivity contribution in [1.29, 1.82) is 0 Å². The van der Waals surface area contributed by atoms with Gasteiger partial charge >= 0.3 is 0 Å². The van der Waals surface area contributed by atoms with Crippen LogP contribution in [0, 0.1) is 0 Å². The number of hydrogen-bond donors (Lipinski definition) is 1. The minimum Gasteiger partial charge on any atom is -0.391 e. The molecule has 2 aromatic heterocycles. The molecule has 1 aliphatic rings. The molecule has 7 heteroatoms. The Bertz CT molecular complexity index is 625. The van der Waals surface area contributed by atoms with E-state index < -0.39 is 6.10 Å². The molecule has 1 amide bonds. The van der Waals surface area contributed by atoms with Crippen LogP contribution in [-0.2, 0) is 0 Å². The maximum Gasteiger partial charge on any atom is 0.276 e. The van der Waals surface area contributed by atoms with E-state index in [1.165, 1.54) is 11.3 Å². The number of nitrogens with zero attached hydrogens (tertiary/aromatic N) is 2. The highest BCUT2D eigenvalue weighted by molar-refractivity contribution is 7.19. The van der Waals surface area contributed by atoms with Crippen molar-refractivity contribution in [3.8, 4) is 10.6 Å². The van der Waals surface area contributed by atoms with E-state index in [2.05, 4.69) is 5.16 Å². The summed E-state index contributed by atoms with van der Waals surface area (Å²) >= 11 is 7.24. The molecule has 0 radical (unpaired) electrons. The van der Waals surface area contributed by atoms with Crippen molar-refractivity contribution in [3.05, 3.63) is 28.2 Å². The predicted octanol–water partition coefficient (Wildman–Crippen LogP) is 2.65. The van der Waals surface area contributed by atoms with E-state index in [9.17, 15) is 9.90 Å². The minimum absolute atomic E-state index is 0.207. The molecule has 1 unspecified atom stereocenters. The fourth-order valence-electron chi connectivity index (χ4n) is 2.24. The Labute approximate surface area is 124 Å². The smallest absolute Gasteiger partial charge is 0.276 e. The molecule has 1 atom stereocenters. The van der Waals surface area contributed by atoms with Gasteiger partial charge in [-0.15, -0.1) is 11.3 Å². The number of carbonyl (C=O) groups is 1. The average molecular weight is 313 g/mol. The van der Waals surface area contributed by atoms with E-state index in [-0.39, 0.29) is 11.6 Å². The fraction of sp³-hybridized carbons (Fsp3) is 0.385. The molecule has 0 saturated carbocycles. The minimum atomic E-state index is -0.449. The first-order valence-corrected chi connectivity index (χ1v) is 7.52. The topological polar surface area (TPSA) is 66.6 Å². The van der Waals surface area contributed by atoms with Gasteiger partial charge in [-0.2, -0.15) is 0 Å². The van der Waals surface area contributed by atoms with Crippen LogP contribution >= 0.6 is 22.9 Å². The van der Waals surface area contributed by atoms with Crippen molar-refractivity contribution in [2.45, 2.75) is 18.9 Å². The molecule has 0 spiro atoms. The lowest BCUT2D eigenvalue weighted by Crippen LogP contribution is -2.42. The number of carbonyl (C=O) groups excluding carboxylic acids is 1. The van der Waals surface area contributed by atoms with E-state index in [0.29, 0.717) is 23.2 Å². The largest absolute Gasteiger partial charge is 0.391 e. The Hall–Kier alpha value is -1.37. The van der Waals surface area contributed by atoms with Crippen LogP contribution in [0.4, 0.5) is 0 Å². The Morgan fingerprint density at radius 2 is 2.40 bits per heavy atom. The van der Waals surface area contributed by atoms with Crippen LogP contribution in [-0.4, -0.2) is 40.3 Å². The van der Waals surface area contributed by atoms with Crippen LogP contribution < -0.4 is 0 Å². The number of hydrogen-bond acceptors (Lipinski definition) is 5. The van der Waals surface area contributed by atoms with Gasteiger partial charge in [0.2, 0.25) is 0 Å². The summed E-state index contributed by atoms with van der Waals surface area (Å²) in [6, 6.07) is 5.21. The van der Waals surface area contributed by atoms with Gasteiger partial charge in [0.05, 0.1) is 15.3 Å². The van der Waals surface area contributed by atoms with Gasteiger partial charge in [-0.1, -0.05) is 16.8 Å². The molecule has 2 aromatic rings. The summed E-state index contributed by atoms with van der Waals surface area (Å²) in [6.07, 6.45) is 1.09. The maximum atomic E-state index is 12.3. The van der Waals surface area contributed by atoms with Crippen molar-refractivity contribution in [3.63, 3.8) is 0 Å². The first kappa shape index (κ1) is 13.6. The quantitative estimate of drug-likeness (QED) is 0.925. The van der Waals surface area contributed by atoms with Crippen LogP contribution in [0.1, 0.15) is 23.3 Å². The highest BCUT2D eigenvalue weighted by Crippen LogP contribution is 2.31. The van der Waals surface area contributed by atoms with Gasteiger partial charge < -0.3 is 14.5 Å². The molecular weight excluding hydrogens is 300 g/mol. The van der Waals surface area contributed by atoms with Crippen molar-refractivity contribution in [2.75, 3.05) is 13.1 Å². The molecule has 1 N–H and O–H groups in total. The normalized spacial score (nSPS) is 19.3. The molecule has 0 aliphatic carbocycles. The number of likely N-dealkylation sites (tertiary alicyclic amines) is 1. The monoisotopic (exact) mass is 312 g/mol.